The topological polar surface area (TPSA) is 44.2 Å². The van der Waals surface area contributed by atoms with Gasteiger partial charge in [0, 0.05) is 12.4 Å². The fraction of sp³-hybridized carbons (Fsp3) is 0. The zero-order valence-electron chi connectivity index (χ0n) is 23.3. The van der Waals surface area contributed by atoms with Gasteiger partial charge in [0.2, 0.25) is 0 Å². The zero-order valence-corrected chi connectivity index (χ0v) is 24.1. The molecule has 0 fully saturated rings. The lowest BCUT2D eigenvalue weighted by Gasteiger charge is -2.05. The van der Waals surface area contributed by atoms with Crippen molar-refractivity contribution in [1.29, 1.82) is 0 Å². The monoisotopic (exact) mass is 576 g/mol. The smallest absolute Gasteiger partial charge is 0.127 e. The van der Waals surface area contributed by atoms with Crippen molar-refractivity contribution < 1.29 is 9.47 Å². The normalized spacial score (nSPS) is 11.2. The van der Waals surface area contributed by atoms with E-state index in [0.717, 1.165) is 55.3 Å². The molecule has 6 aromatic rings. The van der Waals surface area contributed by atoms with Crippen molar-refractivity contribution in [3.8, 4) is 23.0 Å². The summed E-state index contributed by atoms with van der Waals surface area (Å²) in [6.45, 7) is 0. The predicted octanol–water partition coefficient (Wildman–Crippen LogP) is 10.6. The Bertz CT molecular complexity index is 1680. The fourth-order valence-electron chi connectivity index (χ4n) is 4.20. The van der Waals surface area contributed by atoms with Crippen LogP contribution in [0, 0.1) is 0 Å². The molecule has 0 N–H and O–H groups in total. The van der Waals surface area contributed by atoms with Crippen molar-refractivity contribution in [3.63, 3.8) is 0 Å². The Morgan fingerprint density at radius 2 is 0.767 bits per heavy atom. The van der Waals surface area contributed by atoms with Crippen LogP contribution in [-0.4, -0.2) is 9.97 Å². The predicted molar refractivity (Wildman–Crippen MR) is 176 cm³/mol. The van der Waals surface area contributed by atoms with E-state index in [1.807, 2.05) is 134 Å². The summed E-state index contributed by atoms with van der Waals surface area (Å²) in [5.41, 5.74) is 4.31. The molecule has 43 heavy (non-hydrogen) atoms. The molecule has 6 rings (SSSR count). The molecule has 208 valence electrons. The average Bonchev–Trinajstić information content (AvgIpc) is 3.05. The molecule has 0 radical (unpaired) electrons. The van der Waals surface area contributed by atoms with E-state index in [9.17, 15) is 0 Å². The van der Waals surface area contributed by atoms with Gasteiger partial charge in [-0.25, -0.2) is 9.97 Å². The summed E-state index contributed by atoms with van der Waals surface area (Å²) in [7, 11) is 0. The highest BCUT2D eigenvalue weighted by molar-refractivity contribution is 7.99. The second-order valence-corrected chi connectivity index (χ2v) is 10.6. The van der Waals surface area contributed by atoms with Crippen LogP contribution in [0.3, 0.4) is 0 Å². The molecule has 2 heterocycles. The first kappa shape index (κ1) is 27.8. The Balaban J connectivity index is 1.06. The van der Waals surface area contributed by atoms with Crippen molar-refractivity contribution in [2.75, 3.05) is 0 Å². The Hall–Kier alpha value is -5.39. The van der Waals surface area contributed by atoms with Crippen LogP contribution in [0.5, 0.6) is 23.0 Å². The maximum absolute atomic E-state index is 5.89. The number of hydrogen-bond acceptors (Lipinski definition) is 5. The Labute approximate surface area is 256 Å². The average molecular weight is 577 g/mol. The third kappa shape index (κ3) is 8.32. The van der Waals surface area contributed by atoms with Crippen molar-refractivity contribution in [2.24, 2.45) is 0 Å². The van der Waals surface area contributed by atoms with Gasteiger partial charge in [0.05, 0.1) is 0 Å². The number of rotatable bonds is 10. The lowest BCUT2D eigenvalue weighted by atomic mass is 10.1. The van der Waals surface area contributed by atoms with Gasteiger partial charge in [-0.15, -0.1) is 0 Å². The fourth-order valence-corrected chi connectivity index (χ4v) is 5.04. The highest BCUT2D eigenvalue weighted by Crippen LogP contribution is 2.27. The van der Waals surface area contributed by atoms with Gasteiger partial charge in [0.25, 0.3) is 0 Å². The molecule has 0 unspecified atom stereocenters. The number of para-hydroxylation sites is 2. The van der Waals surface area contributed by atoms with Crippen LogP contribution in [0.15, 0.2) is 156 Å². The molecule has 0 spiro atoms. The van der Waals surface area contributed by atoms with Crippen LogP contribution in [0.2, 0.25) is 0 Å². The maximum atomic E-state index is 5.89. The molecular formula is C38H28N2O2S. The van der Waals surface area contributed by atoms with Crippen molar-refractivity contribution >= 4 is 36.1 Å². The Kier molecular flexibility index (Phi) is 9.03. The van der Waals surface area contributed by atoms with E-state index in [1.165, 1.54) is 0 Å². The van der Waals surface area contributed by atoms with Crippen LogP contribution in [-0.2, 0) is 0 Å². The second-order valence-electron chi connectivity index (χ2n) is 9.59. The molecule has 0 saturated heterocycles. The molecule has 0 amide bonds. The first-order valence-electron chi connectivity index (χ1n) is 13.9. The van der Waals surface area contributed by atoms with Crippen LogP contribution in [0.4, 0.5) is 0 Å². The van der Waals surface area contributed by atoms with Crippen LogP contribution < -0.4 is 9.47 Å². The quantitative estimate of drug-likeness (QED) is 0.162. The highest BCUT2D eigenvalue weighted by atomic mass is 32.2. The molecule has 5 heteroatoms. The maximum Gasteiger partial charge on any atom is 0.127 e. The standard InChI is InChI=1S/C38H28N2O2S/c1-3-7-33(8-4-1)41-35-19-15-29(16-20-35)11-13-31-23-25-39-37(27-31)43-38-28-32(24-26-40-38)14-12-30-17-21-36(22-18-30)42-34-9-5-2-6-10-34/h1-28H/b13-11+,14-12+. The summed E-state index contributed by atoms with van der Waals surface area (Å²) in [5.74, 6) is 3.26. The summed E-state index contributed by atoms with van der Waals surface area (Å²) in [6.07, 6.45) is 12.0. The summed E-state index contributed by atoms with van der Waals surface area (Å²) < 4.78 is 11.8. The van der Waals surface area contributed by atoms with Gasteiger partial charge in [-0.3, -0.25) is 0 Å². The van der Waals surface area contributed by atoms with E-state index in [2.05, 4.69) is 46.4 Å². The SMILES string of the molecule is C(=C\c1ccnc(Sc2cc(/C=C/c3ccc(Oc4ccccc4)cc3)ccn2)c1)/c1ccc(Oc2ccccc2)cc1. The van der Waals surface area contributed by atoms with E-state index < -0.39 is 0 Å². The molecule has 0 aliphatic carbocycles. The van der Waals surface area contributed by atoms with Crippen molar-refractivity contribution in [2.45, 2.75) is 10.1 Å². The summed E-state index contributed by atoms with van der Waals surface area (Å²) in [5, 5.41) is 1.77. The number of ether oxygens (including phenoxy) is 2. The summed E-state index contributed by atoms with van der Waals surface area (Å²) in [6, 6.07) is 43.8. The lowest BCUT2D eigenvalue weighted by molar-refractivity contribution is 0.482. The van der Waals surface area contributed by atoms with E-state index in [-0.39, 0.29) is 0 Å². The Morgan fingerprint density at radius 3 is 1.19 bits per heavy atom. The molecule has 4 nitrogen and oxygen atoms in total. The van der Waals surface area contributed by atoms with Gasteiger partial charge in [-0.1, -0.05) is 96.7 Å². The minimum absolute atomic E-state index is 0.807. The van der Waals surface area contributed by atoms with Crippen molar-refractivity contribution in [3.05, 3.63) is 168 Å². The first-order valence-corrected chi connectivity index (χ1v) is 14.7. The summed E-state index contributed by atoms with van der Waals surface area (Å²) in [4.78, 5) is 9.09. The molecule has 4 aromatic carbocycles. The minimum Gasteiger partial charge on any atom is -0.457 e. The zero-order chi connectivity index (χ0) is 29.1. The van der Waals surface area contributed by atoms with Gasteiger partial charge in [0.15, 0.2) is 0 Å². The molecule has 0 bridgehead atoms. The Morgan fingerprint density at radius 1 is 0.395 bits per heavy atom. The van der Waals surface area contributed by atoms with Crippen LogP contribution in [0.1, 0.15) is 22.3 Å². The van der Waals surface area contributed by atoms with E-state index in [1.54, 1.807) is 11.8 Å². The van der Waals surface area contributed by atoms with Crippen molar-refractivity contribution in [1.82, 2.24) is 9.97 Å². The molecule has 0 saturated carbocycles. The van der Waals surface area contributed by atoms with E-state index in [4.69, 9.17) is 9.47 Å². The molecule has 0 aliphatic rings. The number of benzene rings is 4. The third-order valence-electron chi connectivity index (χ3n) is 6.38. The lowest BCUT2D eigenvalue weighted by Crippen LogP contribution is -1.85. The number of nitrogens with zero attached hydrogens (tertiary/aromatic N) is 2. The van der Waals surface area contributed by atoms with Crippen LogP contribution in [0.25, 0.3) is 24.3 Å². The first-order chi connectivity index (χ1) is 21.2. The van der Waals surface area contributed by atoms with Gasteiger partial charge < -0.3 is 9.47 Å². The van der Waals surface area contributed by atoms with E-state index >= 15 is 0 Å². The highest BCUT2D eigenvalue weighted by Gasteiger charge is 2.03. The molecule has 0 atom stereocenters. The van der Waals surface area contributed by atoms with Gasteiger partial charge in [-0.05, 0) is 95.1 Å². The minimum atomic E-state index is 0.807. The number of hydrogen-bond donors (Lipinski definition) is 0. The number of aromatic nitrogens is 2. The largest absolute Gasteiger partial charge is 0.457 e. The third-order valence-corrected chi connectivity index (χ3v) is 7.25. The molecule has 0 aliphatic heterocycles. The van der Waals surface area contributed by atoms with Gasteiger partial charge in [-0.2, -0.15) is 0 Å². The number of pyridine rings is 2. The van der Waals surface area contributed by atoms with E-state index in [0.29, 0.717) is 0 Å². The van der Waals surface area contributed by atoms with Crippen LogP contribution >= 0.6 is 11.8 Å². The molecule has 2 aromatic heterocycles. The second kappa shape index (κ2) is 14.0. The van der Waals surface area contributed by atoms with Gasteiger partial charge in [0.1, 0.15) is 33.0 Å². The van der Waals surface area contributed by atoms with Gasteiger partial charge >= 0.3 is 0 Å². The molecular weight excluding hydrogens is 548 g/mol. The summed E-state index contributed by atoms with van der Waals surface area (Å²) >= 11 is 1.54.